The quantitative estimate of drug-likeness (QED) is 0.857. The Labute approximate surface area is 119 Å². The predicted octanol–water partition coefficient (Wildman–Crippen LogP) is 2.39. The highest BCUT2D eigenvalue weighted by atomic mass is 16.5. The molecule has 1 aromatic rings. The molecule has 1 fully saturated rings. The van der Waals surface area contributed by atoms with Gasteiger partial charge in [-0.05, 0) is 31.1 Å². The fourth-order valence-electron chi connectivity index (χ4n) is 2.39. The molecule has 2 rings (SSSR count). The average molecular weight is 275 g/mol. The number of benzene rings is 1. The summed E-state index contributed by atoms with van der Waals surface area (Å²) in [5.74, 6) is -0.925. The van der Waals surface area contributed by atoms with E-state index >= 15 is 0 Å². The SMILES string of the molecule is CC1CN(Cc2cccc(C=CC(=O)O)c2)C(C)CO1. The van der Waals surface area contributed by atoms with Crippen LogP contribution in [0.5, 0.6) is 0 Å². The molecule has 0 bridgehead atoms. The summed E-state index contributed by atoms with van der Waals surface area (Å²) in [4.78, 5) is 12.9. The van der Waals surface area contributed by atoms with Crippen LogP contribution in [0, 0.1) is 0 Å². The number of nitrogens with zero attached hydrogens (tertiary/aromatic N) is 1. The Hall–Kier alpha value is -1.65. The molecule has 0 aromatic heterocycles. The van der Waals surface area contributed by atoms with Crippen molar-refractivity contribution in [1.82, 2.24) is 4.90 Å². The summed E-state index contributed by atoms with van der Waals surface area (Å²) in [6.45, 7) is 6.81. The van der Waals surface area contributed by atoms with E-state index in [-0.39, 0.29) is 6.10 Å². The van der Waals surface area contributed by atoms with Crippen molar-refractivity contribution in [2.75, 3.05) is 13.2 Å². The van der Waals surface area contributed by atoms with Crippen LogP contribution in [-0.4, -0.2) is 41.3 Å². The Morgan fingerprint density at radius 1 is 1.50 bits per heavy atom. The summed E-state index contributed by atoms with van der Waals surface area (Å²) in [5.41, 5.74) is 2.11. The molecule has 4 heteroatoms. The number of hydrogen-bond acceptors (Lipinski definition) is 3. The second kappa shape index (κ2) is 6.68. The van der Waals surface area contributed by atoms with Crippen molar-refractivity contribution in [2.24, 2.45) is 0 Å². The Kier molecular flexibility index (Phi) is 4.93. The predicted molar refractivity (Wildman–Crippen MR) is 78.4 cm³/mol. The molecule has 1 aliphatic heterocycles. The molecule has 0 aliphatic carbocycles. The molecule has 1 heterocycles. The van der Waals surface area contributed by atoms with Crippen LogP contribution >= 0.6 is 0 Å². The van der Waals surface area contributed by atoms with Gasteiger partial charge < -0.3 is 9.84 Å². The topological polar surface area (TPSA) is 49.8 Å². The van der Waals surface area contributed by atoms with E-state index in [1.807, 2.05) is 18.2 Å². The first-order valence-electron chi connectivity index (χ1n) is 6.90. The first-order valence-corrected chi connectivity index (χ1v) is 6.90. The van der Waals surface area contributed by atoms with Gasteiger partial charge in [0.1, 0.15) is 0 Å². The first-order chi connectivity index (χ1) is 9.54. The zero-order chi connectivity index (χ0) is 14.5. The Balaban J connectivity index is 2.05. The molecule has 0 saturated carbocycles. The zero-order valence-corrected chi connectivity index (χ0v) is 12.0. The maximum Gasteiger partial charge on any atom is 0.328 e. The lowest BCUT2D eigenvalue weighted by atomic mass is 10.1. The van der Waals surface area contributed by atoms with Crippen LogP contribution in [0.2, 0.25) is 0 Å². The molecule has 20 heavy (non-hydrogen) atoms. The first kappa shape index (κ1) is 14.8. The van der Waals surface area contributed by atoms with Crippen LogP contribution in [0.4, 0.5) is 0 Å². The summed E-state index contributed by atoms with van der Waals surface area (Å²) >= 11 is 0. The lowest BCUT2D eigenvalue weighted by molar-refractivity contribution is -0.131. The number of aliphatic carboxylic acids is 1. The standard InChI is InChI=1S/C16H21NO3/c1-12-11-20-13(2)9-17(12)10-15-5-3-4-14(8-15)6-7-16(18)19/h3-8,12-13H,9-11H2,1-2H3,(H,18,19). The molecule has 1 aromatic carbocycles. The summed E-state index contributed by atoms with van der Waals surface area (Å²) in [7, 11) is 0. The van der Waals surface area contributed by atoms with Gasteiger partial charge in [0.2, 0.25) is 0 Å². The van der Waals surface area contributed by atoms with Crippen molar-refractivity contribution in [3.8, 4) is 0 Å². The Bertz CT molecular complexity index is 498. The van der Waals surface area contributed by atoms with Gasteiger partial charge in [0, 0.05) is 25.2 Å². The van der Waals surface area contributed by atoms with Gasteiger partial charge in [0.05, 0.1) is 12.7 Å². The van der Waals surface area contributed by atoms with Crippen LogP contribution in [-0.2, 0) is 16.1 Å². The molecule has 1 aliphatic rings. The number of carboxylic acid groups (broad SMARTS) is 1. The van der Waals surface area contributed by atoms with E-state index in [1.165, 1.54) is 11.6 Å². The number of rotatable bonds is 4. The van der Waals surface area contributed by atoms with E-state index < -0.39 is 5.97 Å². The Morgan fingerprint density at radius 2 is 2.30 bits per heavy atom. The highest BCUT2D eigenvalue weighted by Gasteiger charge is 2.23. The monoisotopic (exact) mass is 275 g/mol. The van der Waals surface area contributed by atoms with Crippen molar-refractivity contribution >= 4 is 12.0 Å². The highest BCUT2D eigenvalue weighted by Crippen LogP contribution is 2.16. The van der Waals surface area contributed by atoms with Gasteiger partial charge in [-0.1, -0.05) is 24.3 Å². The molecule has 0 spiro atoms. The van der Waals surface area contributed by atoms with Gasteiger partial charge in [0.25, 0.3) is 0 Å². The van der Waals surface area contributed by atoms with Crippen LogP contribution in [0.3, 0.4) is 0 Å². The summed E-state index contributed by atoms with van der Waals surface area (Å²) in [5, 5.41) is 8.66. The number of ether oxygens (including phenoxy) is 1. The van der Waals surface area contributed by atoms with Crippen LogP contribution in [0.1, 0.15) is 25.0 Å². The molecule has 4 nitrogen and oxygen atoms in total. The van der Waals surface area contributed by atoms with Crippen LogP contribution < -0.4 is 0 Å². The lowest BCUT2D eigenvalue weighted by Crippen LogP contribution is -2.46. The molecule has 2 unspecified atom stereocenters. The number of hydrogen-bond donors (Lipinski definition) is 1. The summed E-state index contributed by atoms with van der Waals surface area (Å²) in [6.07, 6.45) is 3.05. The van der Waals surface area contributed by atoms with Crippen LogP contribution in [0.25, 0.3) is 6.08 Å². The fraction of sp³-hybridized carbons (Fsp3) is 0.438. The van der Waals surface area contributed by atoms with Crippen molar-refractivity contribution in [3.05, 3.63) is 41.5 Å². The largest absolute Gasteiger partial charge is 0.478 e. The molecular weight excluding hydrogens is 254 g/mol. The average Bonchev–Trinajstić information content (AvgIpc) is 2.41. The third-order valence-electron chi connectivity index (χ3n) is 3.49. The molecular formula is C16H21NO3. The van der Waals surface area contributed by atoms with Crippen molar-refractivity contribution in [2.45, 2.75) is 32.5 Å². The Morgan fingerprint density at radius 3 is 3.05 bits per heavy atom. The molecule has 0 radical (unpaired) electrons. The zero-order valence-electron chi connectivity index (χ0n) is 12.0. The summed E-state index contributed by atoms with van der Waals surface area (Å²) < 4.78 is 5.63. The van der Waals surface area contributed by atoms with Crippen LogP contribution in [0.15, 0.2) is 30.3 Å². The maximum atomic E-state index is 10.5. The number of carbonyl (C=O) groups is 1. The normalized spacial score (nSPS) is 24.1. The van der Waals surface area contributed by atoms with E-state index in [0.29, 0.717) is 6.04 Å². The second-order valence-electron chi connectivity index (χ2n) is 5.34. The van der Waals surface area contributed by atoms with Gasteiger partial charge >= 0.3 is 5.97 Å². The van der Waals surface area contributed by atoms with E-state index in [0.717, 1.165) is 25.3 Å². The molecule has 1 saturated heterocycles. The second-order valence-corrected chi connectivity index (χ2v) is 5.34. The molecule has 0 amide bonds. The van der Waals surface area contributed by atoms with Crippen molar-refractivity contribution < 1.29 is 14.6 Å². The van der Waals surface area contributed by atoms with Gasteiger partial charge in [-0.3, -0.25) is 4.90 Å². The minimum absolute atomic E-state index is 0.265. The van der Waals surface area contributed by atoms with Crippen molar-refractivity contribution in [3.63, 3.8) is 0 Å². The maximum absolute atomic E-state index is 10.5. The summed E-state index contributed by atoms with van der Waals surface area (Å²) in [6, 6.07) is 8.39. The molecule has 108 valence electrons. The van der Waals surface area contributed by atoms with E-state index in [4.69, 9.17) is 9.84 Å². The minimum atomic E-state index is -0.925. The third-order valence-corrected chi connectivity index (χ3v) is 3.49. The molecule has 2 atom stereocenters. The minimum Gasteiger partial charge on any atom is -0.478 e. The van der Waals surface area contributed by atoms with Gasteiger partial charge in [-0.2, -0.15) is 0 Å². The number of carboxylic acids is 1. The molecule has 1 N–H and O–H groups in total. The lowest BCUT2D eigenvalue weighted by Gasteiger charge is -2.36. The third kappa shape index (κ3) is 4.18. The van der Waals surface area contributed by atoms with E-state index in [2.05, 4.69) is 24.8 Å². The van der Waals surface area contributed by atoms with Gasteiger partial charge in [-0.15, -0.1) is 0 Å². The van der Waals surface area contributed by atoms with E-state index in [1.54, 1.807) is 6.08 Å². The van der Waals surface area contributed by atoms with Crippen molar-refractivity contribution in [1.29, 1.82) is 0 Å². The van der Waals surface area contributed by atoms with Gasteiger partial charge in [0.15, 0.2) is 0 Å². The van der Waals surface area contributed by atoms with Gasteiger partial charge in [-0.25, -0.2) is 4.79 Å². The fourth-order valence-corrected chi connectivity index (χ4v) is 2.39. The number of morpholine rings is 1. The highest BCUT2D eigenvalue weighted by molar-refractivity contribution is 5.85. The smallest absolute Gasteiger partial charge is 0.328 e. The van der Waals surface area contributed by atoms with E-state index in [9.17, 15) is 4.79 Å².